The number of aliphatic hydroxyl groups excluding tert-OH is 3. The first-order valence-electron chi connectivity index (χ1n) is 12.3. The first kappa shape index (κ1) is 21.1. The van der Waals surface area contributed by atoms with Crippen LogP contribution in [0, 0.1) is 46.3 Å². The molecule has 0 radical (unpaired) electrons. The molecule has 0 aliphatic heterocycles. The SMILES string of the molecule is CCCC[C@@H](C)[C@H]1CC[C@H]2[C@@H]3[C@H](O)C[C@@H]4CC(O)CC[C@]4(C)[C@H]3C[C@H](O)[C@]12C. The summed E-state index contributed by atoms with van der Waals surface area (Å²) in [7, 11) is 0. The maximum Gasteiger partial charge on any atom is 0.0602 e. The van der Waals surface area contributed by atoms with Gasteiger partial charge >= 0.3 is 0 Å². The van der Waals surface area contributed by atoms with E-state index in [-0.39, 0.29) is 29.1 Å². The number of rotatable bonds is 4. The minimum Gasteiger partial charge on any atom is -0.393 e. The standard InChI is InChI=1S/C25H44O3/c1-5-6-7-15(2)18-8-9-19-23-20(14-22(28)25(18,19)4)24(3)11-10-17(26)12-16(24)13-21(23)27/h15-23,26-28H,5-14H2,1-4H3/t15-,16+,17?,18-,19+,20+,21-,22+,23+,24+,25-/m1/s1. The topological polar surface area (TPSA) is 60.7 Å². The lowest BCUT2D eigenvalue weighted by Gasteiger charge is -2.63. The molecule has 4 saturated carbocycles. The molecule has 4 aliphatic rings. The molecular weight excluding hydrogens is 348 g/mol. The summed E-state index contributed by atoms with van der Waals surface area (Å²) >= 11 is 0. The maximum absolute atomic E-state index is 11.5. The lowest BCUT2D eigenvalue weighted by molar-refractivity contribution is -0.207. The van der Waals surface area contributed by atoms with Gasteiger partial charge < -0.3 is 15.3 Å². The molecule has 3 N–H and O–H groups in total. The van der Waals surface area contributed by atoms with Gasteiger partial charge in [0, 0.05) is 0 Å². The van der Waals surface area contributed by atoms with Crippen molar-refractivity contribution < 1.29 is 15.3 Å². The summed E-state index contributed by atoms with van der Waals surface area (Å²) in [6.07, 6.45) is 9.99. The second-order valence-corrected chi connectivity index (χ2v) is 11.6. The Hall–Kier alpha value is -0.120. The minimum atomic E-state index is -0.255. The van der Waals surface area contributed by atoms with E-state index in [0.29, 0.717) is 35.5 Å². The van der Waals surface area contributed by atoms with Crippen molar-refractivity contribution in [1.82, 2.24) is 0 Å². The second kappa shape index (κ2) is 7.54. The molecule has 4 aliphatic carbocycles. The van der Waals surface area contributed by atoms with Crippen molar-refractivity contribution in [3.63, 3.8) is 0 Å². The van der Waals surface area contributed by atoms with Crippen LogP contribution in [-0.2, 0) is 0 Å². The third-order valence-electron chi connectivity index (χ3n) is 10.5. The van der Waals surface area contributed by atoms with Crippen LogP contribution in [0.4, 0.5) is 0 Å². The third kappa shape index (κ3) is 3.02. The quantitative estimate of drug-likeness (QED) is 0.645. The van der Waals surface area contributed by atoms with Crippen LogP contribution in [0.5, 0.6) is 0 Å². The molecule has 4 rings (SSSR count). The Bertz CT molecular complexity index is 564. The summed E-state index contributed by atoms with van der Waals surface area (Å²) in [5.74, 6) is 2.86. The number of aliphatic hydroxyl groups is 3. The summed E-state index contributed by atoms with van der Waals surface area (Å²) < 4.78 is 0. The molecule has 0 aromatic carbocycles. The summed E-state index contributed by atoms with van der Waals surface area (Å²) in [4.78, 5) is 0. The van der Waals surface area contributed by atoms with Gasteiger partial charge in [0.05, 0.1) is 18.3 Å². The maximum atomic E-state index is 11.5. The van der Waals surface area contributed by atoms with Crippen LogP contribution in [0.2, 0.25) is 0 Å². The van der Waals surface area contributed by atoms with Crippen LogP contribution in [-0.4, -0.2) is 33.6 Å². The average molecular weight is 393 g/mol. The molecule has 0 saturated heterocycles. The van der Waals surface area contributed by atoms with Crippen molar-refractivity contribution in [1.29, 1.82) is 0 Å². The van der Waals surface area contributed by atoms with E-state index < -0.39 is 0 Å². The Labute approximate surface area is 172 Å². The van der Waals surface area contributed by atoms with E-state index in [1.165, 1.54) is 32.1 Å². The normalized spacial score (nSPS) is 54.5. The van der Waals surface area contributed by atoms with Crippen molar-refractivity contribution in [3.8, 4) is 0 Å². The molecule has 0 spiro atoms. The largest absolute Gasteiger partial charge is 0.393 e. The van der Waals surface area contributed by atoms with Gasteiger partial charge in [-0.1, -0.05) is 47.0 Å². The second-order valence-electron chi connectivity index (χ2n) is 11.6. The van der Waals surface area contributed by atoms with Crippen LogP contribution in [0.15, 0.2) is 0 Å². The fourth-order valence-electron chi connectivity index (χ4n) is 8.86. The lowest BCUT2D eigenvalue weighted by Crippen LogP contribution is -2.62. The lowest BCUT2D eigenvalue weighted by atomic mass is 9.43. The third-order valence-corrected chi connectivity index (χ3v) is 10.5. The summed E-state index contributed by atoms with van der Waals surface area (Å²) in [6.45, 7) is 9.45. The van der Waals surface area contributed by atoms with Gasteiger partial charge in [0.15, 0.2) is 0 Å². The van der Waals surface area contributed by atoms with Crippen molar-refractivity contribution >= 4 is 0 Å². The highest BCUT2D eigenvalue weighted by Gasteiger charge is 2.65. The van der Waals surface area contributed by atoms with E-state index in [9.17, 15) is 15.3 Å². The van der Waals surface area contributed by atoms with E-state index in [4.69, 9.17) is 0 Å². The zero-order valence-electron chi connectivity index (χ0n) is 18.6. The molecule has 28 heavy (non-hydrogen) atoms. The summed E-state index contributed by atoms with van der Waals surface area (Å²) in [6, 6.07) is 0. The van der Waals surface area contributed by atoms with Gasteiger partial charge in [-0.25, -0.2) is 0 Å². The number of hydrogen-bond donors (Lipinski definition) is 3. The molecular formula is C25H44O3. The Morgan fingerprint density at radius 2 is 1.71 bits per heavy atom. The highest BCUT2D eigenvalue weighted by Crippen LogP contribution is 2.68. The van der Waals surface area contributed by atoms with E-state index >= 15 is 0 Å². The fraction of sp³-hybridized carbons (Fsp3) is 1.00. The van der Waals surface area contributed by atoms with E-state index in [2.05, 4.69) is 27.7 Å². The van der Waals surface area contributed by atoms with Crippen LogP contribution >= 0.6 is 0 Å². The molecule has 162 valence electrons. The first-order chi connectivity index (χ1) is 13.2. The Balaban J connectivity index is 1.62. The summed E-state index contributed by atoms with van der Waals surface area (Å²) in [5, 5.41) is 33.1. The zero-order chi connectivity index (χ0) is 20.3. The molecule has 4 fully saturated rings. The average Bonchev–Trinajstić information content (AvgIpc) is 3.01. The van der Waals surface area contributed by atoms with Crippen LogP contribution < -0.4 is 0 Å². The van der Waals surface area contributed by atoms with Crippen LogP contribution in [0.3, 0.4) is 0 Å². The van der Waals surface area contributed by atoms with Crippen molar-refractivity contribution in [2.45, 2.75) is 110 Å². The Morgan fingerprint density at radius 3 is 2.43 bits per heavy atom. The predicted molar refractivity (Wildman–Crippen MR) is 113 cm³/mol. The van der Waals surface area contributed by atoms with Gasteiger partial charge in [0.2, 0.25) is 0 Å². The van der Waals surface area contributed by atoms with Gasteiger partial charge in [0.1, 0.15) is 0 Å². The van der Waals surface area contributed by atoms with Gasteiger partial charge in [-0.15, -0.1) is 0 Å². The van der Waals surface area contributed by atoms with Gasteiger partial charge in [0.25, 0.3) is 0 Å². The molecule has 1 unspecified atom stereocenters. The summed E-state index contributed by atoms with van der Waals surface area (Å²) in [5.41, 5.74) is 0.143. The molecule has 3 nitrogen and oxygen atoms in total. The number of hydrogen-bond acceptors (Lipinski definition) is 3. The minimum absolute atomic E-state index is 0.0350. The zero-order valence-corrected chi connectivity index (χ0v) is 18.6. The van der Waals surface area contributed by atoms with Crippen LogP contribution in [0.1, 0.15) is 91.9 Å². The number of fused-ring (bicyclic) bond motifs is 5. The fourth-order valence-corrected chi connectivity index (χ4v) is 8.86. The molecule has 3 heteroatoms. The molecule has 11 atom stereocenters. The molecule has 0 aromatic rings. The molecule has 0 heterocycles. The highest BCUT2D eigenvalue weighted by molar-refractivity contribution is 5.14. The monoisotopic (exact) mass is 392 g/mol. The first-order valence-corrected chi connectivity index (χ1v) is 12.3. The Morgan fingerprint density at radius 1 is 0.964 bits per heavy atom. The van der Waals surface area contributed by atoms with Gasteiger partial charge in [-0.05, 0) is 91.3 Å². The number of unbranched alkanes of at least 4 members (excludes halogenated alkanes) is 1. The van der Waals surface area contributed by atoms with Crippen LogP contribution in [0.25, 0.3) is 0 Å². The van der Waals surface area contributed by atoms with E-state index in [1.807, 2.05) is 0 Å². The van der Waals surface area contributed by atoms with Gasteiger partial charge in [-0.2, -0.15) is 0 Å². The van der Waals surface area contributed by atoms with Crippen molar-refractivity contribution in [2.75, 3.05) is 0 Å². The molecule has 0 amide bonds. The van der Waals surface area contributed by atoms with E-state index in [1.54, 1.807) is 0 Å². The molecule has 0 bridgehead atoms. The van der Waals surface area contributed by atoms with Gasteiger partial charge in [-0.3, -0.25) is 0 Å². The smallest absolute Gasteiger partial charge is 0.0602 e. The van der Waals surface area contributed by atoms with E-state index in [0.717, 1.165) is 32.1 Å². The molecule has 0 aromatic heterocycles. The highest BCUT2D eigenvalue weighted by atomic mass is 16.3. The Kier molecular flexibility index (Phi) is 5.69. The van der Waals surface area contributed by atoms with Crippen molar-refractivity contribution in [3.05, 3.63) is 0 Å². The predicted octanol–water partition coefficient (Wildman–Crippen LogP) is 4.77. The van der Waals surface area contributed by atoms with Crippen molar-refractivity contribution in [2.24, 2.45) is 46.3 Å².